The Bertz CT molecular complexity index is 1210. The van der Waals surface area contributed by atoms with Gasteiger partial charge in [0.25, 0.3) is 5.91 Å². The fourth-order valence-electron chi connectivity index (χ4n) is 3.05. The number of hydrogen-bond acceptors (Lipinski definition) is 4. The highest BCUT2D eigenvalue weighted by molar-refractivity contribution is 9.10. The van der Waals surface area contributed by atoms with E-state index in [-0.39, 0.29) is 18.3 Å². The molecule has 1 aliphatic rings. The zero-order chi connectivity index (χ0) is 22.5. The van der Waals surface area contributed by atoms with Crippen LogP contribution in [-0.4, -0.2) is 11.1 Å². The van der Waals surface area contributed by atoms with Crippen molar-refractivity contribution >= 4 is 50.5 Å². The zero-order valence-electron chi connectivity index (χ0n) is 17.3. The van der Waals surface area contributed by atoms with Crippen molar-refractivity contribution < 1.29 is 13.9 Å². The van der Waals surface area contributed by atoms with Crippen LogP contribution in [0.25, 0.3) is 6.08 Å². The summed E-state index contributed by atoms with van der Waals surface area (Å²) in [5, 5.41) is 3.36. The molecule has 0 spiro atoms. The first kappa shape index (κ1) is 22.3. The second kappa shape index (κ2) is 10.1. The summed E-state index contributed by atoms with van der Waals surface area (Å²) in [4.78, 5) is 17.4. The number of nitrogens with zero attached hydrogens (tertiary/aromatic N) is 1. The lowest BCUT2D eigenvalue weighted by molar-refractivity contribution is -0.115. The molecule has 4 nitrogen and oxygen atoms in total. The lowest BCUT2D eigenvalue weighted by Gasteiger charge is -2.09. The van der Waals surface area contributed by atoms with Gasteiger partial charge in [-0.05, 0) is 81.6 Å². The maximum atomic E-state index is 13.8. The van der Waals surface area contributed by atoms with Crippen LogP contribution in [0.2, 0.25) is 0 Å². The normalized spacial score (nSPS) is 15.9. The number of carbonyl (C=O) groups is 1. The number of aryl methyl sites for hydroxylation is 1. The van der Waals surface area contributed by atoms with Gasteiger partial charge in [0.15, 0.2) is 5.17 Å². The smallest absolute Gasteiger partial charge is 0.264 e. The topological polar surface area (TPSA) is 50.7 Å². The van der Waals surface area contributed by atoms with E-state index in [2.05, 4.69) is 33.2 Å². The van der Waals surface area contributed by atoms with Crippen LogP contribution in [0, 0.1) is 5.82 Å². The molecule has 162 valence electrons. The molecule has 0 bridgehead atoms. The molecule has 1 saturated heterocycles. The Hall–Kier alpha value is -2.90. The molecule has 0 aromatic heterocycles. The summed E-state index contributed by atoms with van der Waals surface area (Å²) in [5.74, 6) is 0.111. The lowest BCUT2D eigenvalue weighted by atomic mass is 10.2. The zero-order valence-corrected chi connectivity index (χ0v) is 19.7. The highest BCUT2D eigenvalue weighted by Crippen LogP contribution is 2.31. The van der Waals surface area contributed by atoms with E-state index in [4.69, 9.17) is 4.74 Å². The van der Waals surface area contributed by atoms with Crippen molar-refractivity contribution in [3.63, 3.8) is 0 Å². The molecule has 1 amide bonds. The van der Waals surface area contributed by atoms with Crippen LogP contribution >= 0.6 is 27.7 Å². The van der Waals surface area contributed by atoms with Gasteiger partial charge in [-0.3, -0.25) is 4.79 Å². The SMILES string of the molecule is CCc1ccc(N=C2NC(=O)/C(=C\c3ccc(OCc4ccccc4F)c(Br)c3)S2)cc1. The molecule has 3 aromatic carbocycles. The van der Waals surface area contributed by atoms with Gasteiger partial charge < -0.3 is 10.1 Å². The molecule has 0 aliphatic carbocycles. The Balaban J connectivity index is 1.45. The molecule has 0 unspecified atom stereocenters. The fraction of sp³-hybridized carbons (Fsp3) is 0.120. The van der Waals surface area contributed by atoms with Gasteiger partial charge in [-0.2, -0.15) is 0 Å². The predicted molar refractivity (Wildman–Crippen MR) is 131 cm³/mol. The third-order valence-corrected chi connectivity index (χ3v) is 6.35. The fourth-order valence-corrected chi connectivity index (χ4v) is 4.40. The van der Waals surface area contributed by atoms with Crippen LogP contribution in [0.4, 0.5) is 10.1 Å². The Labute approximate surface area is 198 Å². The number of halogens is 2. The molecule has 32 heavy (non-hydrogen) atoms. The van der Waals surface area contributed by atoms with Crippen molar-refractivity contribution in [2.75, 3.05) is 0 Å². The van der Waals surface area contributed by atoms with E-state index in [1.165, 1.54) is 23.4 Å². The molecular weight excluding hydrogens is 491 g/mol. The Kier molecular flexibility index (Phi) is 7.07. The summed E-state index contributed by atoms with van der Waals surface area (Å²) >= 11 is 4.79. The average molecular weight is 511 g/mol. The van der Waals surface area contributed by atoms with Crippen molar-refractivity contribution in [2.45, 2.75) is 20.0 Å². The van der Waals surface area contributed by atoms with Gasteiger partial charge in [-0.1, -0.05) is 43.3 Å². The number of carbonyl (C=O) groups excluding carboxylic acids is 1. The maximum Gasteiger partial charge on any atom is 0.264 e. The number of rotatable bonds is 6. The molecule has 0 radical (unpaired) electrons. The van der Waals surface area contributed by atoms with E-state index in [0.717, 1.165) is 22.1 Å². The van der Waals surface area contributed by atoms with Gasteiger partial charge in [0.1, 0.15) is 18.2 Å². The first-order chi connectivity index (χ1) is 15.5. The largest absolute Gasteiger partial charge is 0.488 e. The Morgan fingerprint density at radius 1 is 1.12 bits per heavy atom. The molecule has 1 fully saturated rings. The van der Waals surface area contributed by atoms with Crippen LogP contribution in [-0.2, 0) is 17.8 Å². The molecule has 1 N–H and O–H groups in total. The van der Waals surface area contributed by atoms with Gasteiger partial charge >= 0.3 is 0 Å². The van der Waals surface area contributed by atoms with Crippen molar-refractivity contribution in [1.29, 1.82) is 0 Å². The van der Waals surface area contributed by atoms with Crippen LogP contribution < -0.4 is 10.1 Å². The highest BCUT2D eigenvalue weighted by atomic mass is 79.9. The summed E-state index contributed by atoms with van der Waals surface area (Å²) in [7, 11) is 0. The highest BCUT2D eigenvalue weighted by Gasteiger charge is 2.23. The van der Waals surface area contributed by atoms with Gasteiger partial charge in [0, 0.05) is 5.56 Å². The van der Waals surface area contributed by atoms with Crippen LogP contribution in [0.3, 0.4) is 0 Å². The molecule has 4 rings (SSSR count). The molecule has 1 heterocycles. The number of amidine groups is 1. The molecule has 3 aromatic rings. The van der Waals surface area contributed by atoms with E-state index in [0.29, 0.717) is 21.4 Å². The minimum absolute atomic E-state index is 0.128. The predicted octanol–water partition coefficient (Wildman–Crippen LogP) is 6.62. The first-order valence-electron chi connectivity index (χ1n) is 10.1. The lowest BCUT2D eigenvalue weighted by Crippen LogP contribution is -2.19. The van der Waals surface area contributed by atoms with Crippen molar-refractivity contribution in [2.24, 2.45) is 4.99 Å². The Morgan fingerprint density at radius 2 is 1.91 bits per heavy atom. The van der Waals surface area contributed by atoms with Crippen LogP contribution in [0.15, 0.2) is 81.1 Å². The summed E-state index contributed by atoms with van der Waals surface area (Å²) in [6.07, 6.45) is 2.77. The van der Waals surface area contributed by atoms with Gasteiger partial charge in [0.2, 0.25) is 0 Å². The average Bonchev–Trinajstić information content (AvgIpc) is 3.13. The summed E-state index contributed by atoms with van der Waals surface area (Å²) in [6.45, 7) is 2.23. The van der Waals surface area contributed by atoms with E-state index in [9.17, 15) is 9.18 Å². The minimum Gasteiger partial charge on any atom is -0.488 e. The second-order valence-electron chi connectivity index (χ2n) is 7.07. The number of nitrogens with one attached hydrogen (secondary N) is 1. The summed E-state index contributed by atoms with van der Waals surface area (Å²) in [6, 6.07) is 20.0. The minimum atomic E-state index is -0.298. The number of aliphatic imine (C=N–C) groups is 1. The molecule has 7 heteroatoms. The third kappa shape index (κ3) is 5.47. The first-order valence-corrected chi connectivity index (χ1v) is 11.7. The number of benzene rings is 3. The van der Waals surface area contributed by atoms with Gasteiger partial charge in [-0.15, -0.1) is 0 Å². The number of hydrogen-bond donors (Lipinski definition) is 1. The number of thioether (sulfide) groups is 1. The van der Waals surface area contributed by atoms with Crippen LogP contribution in [0.5, 0.6) is 5.75 Å². The number of ether oxygens (including phenoxy) is 1. The number of amides is 1. The van der Waals surface area contributed by atoms with E-state index in [1.54, 1.807) is 30.3 Å². The van der Waals surface area contributed by atoms with Gasteiger partial charge in [-0.25, -0.2) is 9.38 Å². The summed E-state index contributed by atoms with van der Waals surface area (Å²) < 4.78 is 20.2. The maximum absolute atomic E-state index is 13.8. The quantitative estimate of drug-likeness (QED) is 0.379. The standard InChI is InChI=1S/C25H20BrFN2O2S/c1-2-16-7-10-19(11-8-16)28-25-29-24(30)23(32-25)14-17-9-12-22(20(26)13-17)31-15-18-5-3-4-6-21(18)27/h3-14H,2,15H2,1H3,(H,28,29,30)/b23-14+. The van der Waals surface area contributed by atoms with Crippen molar-refractivity contribution in [3.8, 4) is 5.75 Å². The van der Waals surface area contributed by atoms with E-state index < -0.39 is 0 Å². The summed E-state index contributed by atoms with van der Waals surface area (Å²) in [5.41, 5.74) is 3.36. The van der Waals surface area contributed by atoms with Crippen molar-refractivity contribution in [3.05, 3.63) is 98.6 Å². The monoisotopic (exact) mass is 510 g/mol. The molecule has 0 atom stereocenters. The Morgan fingerprint density at radius 3 is 2.62 bits per heavy atom. The van der Waals surface area contributed by atoms with E-state index >= 15 is 0 Å². The van der Waals surface area contributed by atoms with E-state index in [1.807, 2.05) is 36.4 Å². The van der Waals surface area contributed by atoms with Crippen molar-refractivity contribution in [1.82, 2.24) is 5.32 Å². The molecular formula is C25H20BrFN2O2S. The van der Waals surface area contributed by atoms with Gasteiger partial charge in [0.05, 0.1) is 15.1 Å². The third-order valence-electron chi connectivity index (χ3n) is 4.82. The molecule has 1 aliphatic heterocycles. The van der Waals surface area contributed by atoms with Crippen LogP contribution in [0.1, 0.15) is 23.6 Å². The molecule has 0 saturated carbocycles. The second-order valence-corrected chi connectivity index (χ2v) is 8.96.